The maximum atomic E-state index is 13.3. The number of Topliss-reactive ketones (excluding diaryl/α,β-unsaturated/α-hetero) is 1. The van der Waals surface area contributed by atoms with Gasteiger partial charge in [0.05, 0.1) is 12.5 Å². The lowest BCUT2D eigenvalue weighted by Crippen LogP contribution is -2.33. The van der Waals surface area contributed by atoms with Crippen LogP contribution in [0.4, 0.5) is 0 Å². The molecule has 0 fully saturated rings. The van der Waals surface area contributed by atoms with Gasteiger partial charge >= 0.3 is 5.97 Å². The van der Waals surface area contributed by atoms with E-state index in [-0.39, 0.29) is 29.8 Å². The number of carbonyl (C=O) groups is 2. The van der Waals surface area contributed by atoms with Gasteiger partial charge in [-0.05, 0) is 24.0 Å². The third kappa shape index (κ3) is 3.56. The molecule has 5 nitrogen and oxygen atoms in total. The van der Waals surface area contributed by atoms with Crippen molar-refractivity contribution < 1.29 is 19.1 Å². The number of allylic oxidation sites excluding steroid dienone is 2. The standard InChI is InChI=1S/C24H23NO4/c1-2-28-24(27)22-20(16-11-7-4-8-12-16)21-18(26)13-17(14-19(21)29-23(22)25)15-9-5-3-6-10-15/h3-12,17,20H,2,13-14,25H2,1H3/t17-,20-/m1/s1. The average molecular weight is 389 g/mol. The number of hydrogen-bond acceptors (Lipinski definition) is 5. The van der Waals surface area contributed by atoms with E-state index in [4.69, 9.17) is 15.2 Å². The van der Waals surface area contributed by atoms with E-state index in [1.54, 1.807) is 6.92 Å². The molecular formula is C24H23NO4. The van der Waals surface area contributed by atoms with Crippen LogP contribution in [0.5, 0.6) is 0 Å². The number of esters is 1. The first-order valence-electron chi connectivity index (χ1n) is 9.80. The number of rotatable bonds is 4. The molecule has 0 bridgehead atoms. The summed E-state index contributed by atoms with van der Waals surface area (Å²) in [4.78, 5) is 26.0. The Morgan fingerprint density at radius 1 is 1.03 bits per heavy atom. The first-order valence-corrected chi connectivity index (χ1v) is 9.80. The first-order chi connectivity index (χ1) is 14.1. The van der Waals surface area contributed by atoms with Crippen LogP contribution >= 0.6 is 0 Å². The van der Waals surface area contributed by atoms with Crippen LogP contribution in [-0.2, 0) is 19.1 Å². The third-order valence-electron chi connectivity index (χ3n) is 5.44. The van der Waals surface area contributed by atoms with Gasteiger partial charge < -0.3 is 15.2 Å². The van der Waals surface area contributed by atoms with Gasteiger partial charge in [-0.25, -0.2) is 4.79 Å². The molecule has 2 N–H and O–H groups in total. The Morgan fingerprint density at radius 3 is 2.28 bits per heavy atom. The predicted molar refractivity (Wildman–Crippen MR) is 109 cm³/mol. The van der Waals surface area contributed by atoms with Crippen LogP contribution in [0.2, 0.25) is 0 Å². The Kier molecular flexibility index (Phi) is 5.21. The lowest BCUT2D eigenvalue weighted by molar-refractivity contribution is -0.139. The zero-order chi connectivity index (χ0) is 20.4. The Morgan fingerprint density at radius 2 is 1.66 bits per heavy atom. The minimum absolute atomic E-state index is 0.0116. The van der Waals surface area contributed by atoms with Crippen LogP contribution in [0.25, 0.3) is 0 Å². The molecule has 0 unspecified atom stereocenters. The summed E-state index contributed by atoms with van der Waals surface area (Å²) in [6.07, 6.45) is 0.927. The molecule has 1 heterocycles. The fraction of sp³-hybridized carbons (Fsp3) is 0.250. The van der Waals surface area contributed by atoms with Crippen LogP contribution in [-0.4, -0.2) is 18.4 Å². The summed E-state index contributed by atoms with van der Waals surface area (Å²) in [7, 11) is 0. The van der Waals surface area contributed by atoms with Gasteiger partial charge in [0.1, 0.15) is 11.3 Å². The van der Waals surface area contributed by atoms with Crippen LogP contribution in [0, 0.1) is 0 Å². The van der Waals surface area contributed by atoms with E-state index in [0.29, 0.717) is 24.2 Å². The molecule has 0 aromatic heterocycles. The van der Waals surface area contributed by atoms with Gasteiger partial charge in [0, 0.05) is 18.4 Å². The number of ether oxygens (including phenoxy) is 2. The maximum absolute atomic E-state index is 13.3. The van der Waals surface area contributed by atoms with E-state index in [0.717, 1.165) is 11.1 Å². The molecule has 0 saturated heterocycles. The molecule has 148 valence electrons. The summed E-state index contributed by atoms with van der Waals surface area (Å²) >= 11 is 0. The topological polar surface area (TPSA) is 78.6 Å². The van der Waals surface area contributed by atoms with Crippen molar-refractivity contribution in [1.29, 1.82) is 0 Å². The van der Waals surface area contributed by atoms with Gasteiger partial charge in [-0.3, -0.25) is 4.79 Å². The lowest BCUT2D eigenvalue weighted by Gasteiger charge is -2.35. The van der Waals surface area contributed by atoms with Crippen molar-refractivity contribution in [2.45, 2.75) is 31.6 Å². The summed E-state index contributed by atoms with van der Waals surface area (Å²) in [5, 5.41) is 0. The molecule has 0 spiro atoms. The van der Waals surface area contributed by atoms with Gasteiger partial charge in [-0.15, -0.1) is 0 Å². The minimum atomic E-state index is -0.580. The summed E-state index contributed by atoms with van der Waals surface area (Å²) in [6.45, 7) is 1.95. The van der Waals surface area contributed by atoms with Gasteiger partial charge in [-0.1, -0.05) is 60.7 Å². The number of hydrogen-bond donors (Lipinski definition) is 1. The minimum Gasteiger partial charge on any atom is -0.462 e. The largest absolute Gasteiger partial charge is 0.462 e. The second kappa shape index (κ2) is 7.95. The fourth-order valence-electron chi connectivity index (χ4n) is 4.16. The predicted octanol–water partition coefficient (Wildman–Crippen LogP) is 3.93. The number of nitrogens with two attached hydrogens (primary N) is 1. The van der Waals surface area contributed by atoms with Crippen LogP contribution in [0.3, 0.4) is 0 Å². The molecule has 1 aliphatic carbocycles. The molecule has 2 aromatic rings. The molecule has 5 heteroatoms. The molecule has 0 saturated carbocycles. The summed E-state index contributed by atoms with van der Waals surface area (Å²) in [6, 6.07) is 19.4. The van der Waals surface area contributed by atoms with Crippen molar-refractivity contribution in [3.63, 3.8) is 0 Å². The van der Waals surface area contributed by atoms with Crippen LogP contribution in [0.1, 0.15) is 42.7 Å². The Labute approximate surface area is 169 Å². The normalized spacial score (nSPS) is 21.5. The Balaban J connectivity index is 1.79. The zero-order valence-corrected chi connectivity index (χ0v) is 16.3. The molecule has 29 heavy (non-hydrogen) atoms. The highest BCUT2D eigenvalue weighted by Gasteiger charge is 2.43. The number of ketones is 1. The molecule has 0 radical (unpaired) electrons. The molecule has 0 amide bonds. The van der Waals surface area contributed by atoms with Crippen molar-refractivity contribution in [3.8, 4) is 0 Å². The summed E-state index contributed by atoms with van der Waals surface area (Å²) < 4.78 is 11.1. The molecule has 1 aliphatic heterocycles. The van der Waals surface area contributed by atoms with Crippen LogP contribution in [0.15, 0.2) is 83.5 Å². The van der Waals surface area contributed by atoms with E-state index >= 15 is 0 Å². The second-order valence-electron chi connectivity index (χ2n) is 7.22. The highest BCUT2D eigenvalue weighted by Crippen LogP contribution is 2.47. The highest BCUT2D eigenvalue weighted by atomic mass is 16.5. The molecule has 2 aliphatic rings. The average Bonchev–Trinajstić information content (AvgIpc) is 2.74. The van der Waals surface area contributed by atoms with Crippen molar-refractivity contribution in [1.82, 2.24) is 0 Å². The quantitative estimate of drug-likeness (QED) is 0.802. The highest BCUT2D eigenvalue weighted by molar-refractivity contribution is 6.03. The van der Waals surface area contributed by atoms with E-state index < -0.39 is 11.9 Å². The smallest absolute Gasteiger partial charge is 0.340 e. The lowest BCUT2D eigenvalue weighted by atomic mass is 9.73. The van der Waals surface area contributed by atoms with E-state index in [1.807, 2.05) is 60.7 Å². The molecule has 2 atom stereocenters. The van der Waals surface area contributed by atoms with Crippen molar-refractivity contribution >= 4 is 11.8 Å². The SMILES string of the molecule is CCOC(=O)C1=C(N)OC2=C(C(=O)C[C@@H](c3ccccc3)C2)[C@H]1c1ccccc1. The number of benzene rings is 2. The third-order valence-corrected chi connectivity index (χ3v) is 5.44. The van der Waals surface area contributed by atoms with Crippen molar-refractivity contribution in [2.24, 2.45) is 5.73 Å². The Hall–Kier alpha value is -3.34. The fourth-order valence-corrected chi connectivity index (χ4v) is 4.16. The molecule has 4 rings (SSSR count). The monoisotopic (exact) mass is 389 g/mol. The molecule has 2 aromatic carbocycles. The summed E-state index contributed by atoms with van der Waals surface area (Å²) in [5.74, 6) is -0.572. The van der Waals surface area contributed by atoms with Gasteiger partial charge in [0.2, 0.25) is 5.88 Å². The number of carbonyl (C=O) groups excluding carboxylic acids is 2. The summed E-state index contributed by atoms with van der Waals surface area (Å²) in [5.41, 5.74) is 8.81. The van der Waals surface area contributed by atoms with E-state index in [9.17, 15) is 9.59 Å². The van der Waals surface area contributed by atoms with Crippen LogP contribution < -0.4 is 5.73 Å². The van der Waals surface area contributed by atoms with Gasteiger partial charge in [-0.2, -0.15) is 0 Å². The van der Waals surface area contributed by atoms with E-state index in [2.05, 4.69) is 0 Å². The van der Waals surface area contributed by atoms with Crippen molar-refractivity contribution in [3.05, 3.63) is 94.6 Å². The first kappa shape index (κ1) is 19.0. The molecular weight excluding hydrogens is 366 g/mol. The van der Waals surface area contributed by atoms with Gasteiger partial charge in [0.15, 0.2) is 5.78 Å². The van der Waals surface area contributed by atoms with Crippen molar-refractivity contribution in [2.75, 3.05) is 6.61 Å². The Bertz CT molecular complexity index is 992. The second-order valence-corrected chi connectivity index (χ2v) is 7.22. The van der Waals surface area contributed by atoms with Gasteiger partial charge in [0.25, 0.3) is 0 Å². The zero-order valence-electron chi connectivity index (χ0n) is 16.3. The maximum Gasteiger partial charge on any atom is 0.340 e. The van der Waals surface area contributed by atoms with E-state index in [1.165, 1.54) is 0 Å².